The number of primary sulfonamides is 1. The minimum Gasteiger partial charge on any atom is -0.481 e. The summed E-state index contributed by atoms with van der Waals surface area (Å²) in [7, 11) is -3.86. The molecule has 19 heavy (non-hydrogen) atoms. The normalized spacial score (nSPS) is 18.2. The smallest absolute Gasteiger partial charge is 0.305 e. The molecule has 102 valence electrons. The Hall–Kier alpha value is -2.13. The van der Waals surface area contributed by atoms with Crippen molar-refractivity contribution >= 4 is 33.3 Å². The molecule has 0 aromatic heterocycles. The molecule has 0 saturated heterocycles. The number of carbonyl (C=O) groups excluding carboxylic acids is 1. The first-order valence-electron chi connectivity index (χ1n) is 5.23. The molecular weight excluding hydrogens is 274 g/mol. The fourth-order valence-corrected chi connectivity index (χ4v) is 2.26. The highest BCUT2D eigenvalue weighted by molar-refractivity contribution is 7.89. The molecule has 0 aliphatic carbocycles. The third-order valence-corrected chi connectivity index (χ3v) is 3.51. The monoisotopic (exact) mass is 285 g/mol. The number of fused-ring (bicyclic) bond motifs is 1. The minimum atomic E-state index is -3.86. The lowest BCUT2D eigenvalue weighted by Crippen LogP contribution is -2.40. The molecule has 0 saturated carbocycles. The van der Waals surface area contributed by atoms with Gasteiger partial charge in [-0.05, 0) is 18.2 Å². The second-order valence-corrected chi connectivity index (χ2v) is 5.60. The molecule has 1 amide bonds. The van der Waals surface area contributed by atoms with Crippen LogP contribution in [0.25, 0.3) is 0 Å². The van der Waals surface area contributed by atoms with Gasteiger partial charge < -0.3 is 15.7 Å². The molecular formula is C10H11N3O5S. The van der Waals surface area contributed by atoms with E-state index in [0.29, 0.717) is 5.69 Å². The second-order valence-electron chi connectivity index (χ2n) is 4.04. The predicted molar refractivity (Wildman–Crippen MR) is 66.1 cm³/mol. The van der Waals surface area contributed by atoms with Crippen molar-refractivity contribution in [3.8, 4) is 0 Å². The van der Waals surface area contributed by atoms with E-state index in [1.807, 2.05) is 0 Å². The molecule has 1 unspecified atom stereocenters. The van der Waals surface area contributed by atoms with Gasteiger partial charge in [0, 0.05) is 0 Å². The maximum Gasteiger partial charge on any atom is 0.305 e. The molecule has 1 heterocycles. The standard InChI is InChI=1S/C10H11N3O5S/c11-19(17,18)5-1-2-6-7(3-5)13-10(16)8(12-6)4-9(14)15/h1-3,8,12H,4H2,(H,13,16)(H,14,15)(H2,11,17,18). The highest BCUT2D eigenvalue weighted by Gasteiger charge is 2.28. The summed E-state index contributed by atoms with van der Waals surface area (Å²) in [5.41, 5.74) is 0.691. The van der Waals surface area contributed by atoms with Crippen molar-refractivity contribution in [3.05, 3.63) is 18.2 Å². The molecule has 0 spiro atoms. The maximum atomic E-state index is 11.6. The van der Waals surface area contributed by atoms with Crippen molar-refractivity contribution in [1.82, 2.24) is 0 Å². The van der Waals surface area contributed by atoms with E-state index in [9.17, 15) is 18.0 Å². The molecule has 0 bridgehead atoms. The Kier molecular flexibility index (Phi) is 3.16. The highest BCUT2D eigenvalue weighted by Crippen LogP contribution is 2.29. The Labute approximate surface area is 108 Å². The van der Waals surface area contributed by atoms with Crippen molar-refractivity contribution in [2.45, 2.75) is 17.4 Å². The zero-order valence-electron chi connectivity index (χ0n) is 9.58. The second kappa shape index (κ2) is 4.52. The molecule has 8 nitrogen and oxygen atoms in total. The molecule has 0 fully saturated rings. The van der Waals surface area contributed by atoms with Crippen LogP contribution >= 0.6 is 0 Å². The Morgan fingerprint density at radius 2 is 2.05 bits per heavy atom. The van der Waals surface area contributed by atoms with Crippen molar-refractivity contribution in [1.29, 1.82) is 0 Å². The van der Waals surface area contributed by atoms with E-state index in [1.165, 1.54) is 18.2 Å². The molecule has 5 N–H and O–H groups in total. The van der Waals surface area contributed by atoms with Crippen LogP contribution in [0.5, 0.6) is 0 Å². The summed E-state index contributed by atoms with van der Waals surface area (Å²) in [6.07, 6.45) is -0.373. The van der Waals surface area contributed by atoms with Crippen LogP contribution in [-0.2, 0) is 19.6 Å². The van der Waals surface area contributed by atoms with E-state index in [1.54, 1.807) is 0 Å². The average Bonchev–Trinajstić information content (AvgIpc) is 2.27. The number of amides is 1. The average molecular weight is 285 g/mol. The summed E-state index contributed by atoms with van der Waals surface area (Å²) in [6, 6.07) is 3.01. The molecule has 1 aliphatic rings. The van der Waals surface area contributed by atoms with E-state index < -0.39 is 27.9 Å². The van der Waals surface area contributed by atoms with Gasteiger partial charge in [-0.15, -0.1) is 0 Å². The van der Waals surface area contributed by atoms with Crippen molar-refractivity contribution in [2.75, 3.05) is 10.6 Å². The summed E-state index contributed by atoms with van der Waals surface area (Å²) < 4.78 is 22.4. The van der Waals surface area contributed by atoms with E-state index in [2.05, 4.69) is 10.6 Å². The molecule has 0 radical (unpaired) electrons. The van der Waals surface area contributed by atoms with Crippen LogP contribution < -0.4 is 15.8 Å². The third kappa shape index (κ3) is 2.83. The van der Waals surface area contributed by atoms with E-state index in [0.717, 1.165) is 0 Å². The Balaban J connectivity index is 2.33. The van der Waals surface area contributed by atoms with Gasteiger partial charge in [0.1, 0.15) is 6.04 Å². The number of hydrogen-bond donors (Lipinski definition) is 4. The number of rotatable bonds is 3. The lowest BCUT2D eigenvalue weighted by atomic mass is 10.1. The van der Waals surface area contributed by atoms with Crippen LogP contribution in [-0.4, -0.2) is 31.4 Å². The number of aliphatic carboxylic acids is 1. The van der Waals surface area contributed by atoms with Gasteiger partial charge in [-0.2, -0.15) is 0 Å². The zero-order valence-corrected chi connectivity index (χ0v) is 10.4. The molecule has 2 rings (SSSR count). The fraction of sp³-hybridized carbons (Fsp3) is 0.200. The Bertz CT molecular complexity index is 655. The van der Waals surface area contributed by atoms with Crippen LogP contribution in [0.1, 0.15) is 6.42 Å². The largest absolute Gasteiger partial charge is 0.481 e. The van der Waals surface area contributed by atoms with Crippen LogP contribution in [0.15, 0.2) is 23.1 Å². The highest BCUT2D eigenvalue weighted by atomic mass is 32.2. The van der Waals surface area contributed by atoms with Crippen molar-refractivity contribution in [3.63, 3.8) is 0 Å². The fourth-order valence-electron chi connectivity index (χ4n) is 1.72. The van der Waals surface area contributed by atoms with Gasteiger partial charge in [0.05, 0.1) is 22.7 Å². The predicted octanol–water partition coefficient (Wildman–Crippen LogP) is -0.459. The number of carbonyl (C=O) groups is 2. The summed E-state index contributed by atoms with van der Waals surface area (Å²) in [5, 5.41) is 18.8. The Morgan fingerprint density at radius 3 is 2.63 bits per heavy atom. The summed E-state index contributed by atoms with van der Waals surface area (Å²) in [5.74, 6) is -1.65. The van der Waals surface area contributed by atoms with Gasteiger partial charge in [-0.3, -0.25) is 9.59 Å². The van der Waals surface area contributed by atoms with Crippen LogP contribution in [0.4, 0.5) is 11.4 Å². The number of anilines is 2. The quantitative estimate of drug-likeness (QED) is 0.592. The lowest BCUT2D eigenvalue weighted by Gasteiger charge is -2.26. The van der Waals surface area contributed by atoms with Crippen molar-refractivity contribution < 1.29 is 23.1 Å². The van der Waals surface area contributed by atoms with E-state index >= 15 is 0 Å². The number of hydrogen-bond acceptors (Lipinski definition) is 5. The van der Waals surface area contributed by atoms with E-state index in [4.69, 9.17) is 10.2 Å². The number of carboxylic acids is 1. The van der Waals surface area contributed by atoms with Crippen LogP contribution in [0.2, 0.25) is 0 Å². The Morgan fingerprint density at radius 1 is 1.37 bits per heavy atom. The van der Waals surface area contributed by atoms with Gasteiger partial charge in [-0.1, -0.05) is 0 Å². The van der Waals surface area contributed by atoms with Gasteiger partial charge in [-0.25, -0.2) is 13.6 Å². The van der Waals surface area contributed by atoms with Gasteiger partial charge in [0.15, 0.2) is 0 Å². The number of carboxylic acid groups (broad SMARTS) is 1. The van der Waals surface area contributed by atoms with Gasteiger partial charge >= 0.3 is 5.97 Å². The molecule has 1 aromatic rings. The first-order chi connectivity index (χ1) is 8.77. The molecule has 1 aromatic carbocycles. The van der Waals surface area contributed by atoms with Gasteiger partial charge in [0.25, 0.3) is 0 Å². The maximum absolute atomic E-state index is 11.6. The molecule has 9 heteroatoms. The summed E-state index contributed by atoms with van der Waals surface area (Å²) in [4.78, 5) is 22.1. The zero-order chi connectivity index (χ0) is 14.2. The lowest BCUT2D eigenvalue weighted by molar-refractivity contribution is -0.138. The molecule has 1 aliphatic heterocycles. The number of nitrogens with two attached hydrogens (primary N) is 1. The molecule has 1 atom stereocenters. The topological polar surface area (TPSA) is 139 Å². The number of benzene rings is 1. The van der Waals surface area contributed by atoms with Gasteiger partial charge in [0.2, 0.25) is 15.9 Å². The summed E-state index contributed by atoms with van der Waals surface area (Å²) in [6.45, 7) is 0. The first-order valence-corrected chi connectivity index (χ1v) is 6.78. The number of nitrogens with one attached hydrogen (secondary N) is 2. The SMILES string of the molecule is NS(=O)(=O)c1ccc2c(c1)NC(=O)C(CC(=O)O)N2. The van der Waals surface area contributed by atoms with Crippen LogP contribution in [0, 0.1) is 0 Å². The van der Waals surface area contributed by atoms with Crippen LogP contribution in [0.3, 0.4) is 0 Å². The van der Waals surface area contributed by atoms with E-state index in [-0.39, 0.29) is 17.0 Å². The third-order valence-electron chi connectivity index (χ3n) is 2.60. The summed E-state index contributed by atoms with van der Waals surface area (Å²) >= 11 is 0. The van der Waals surface area contributed by atoms with Crippen molar-refractivity contribution in [2.24, 2.45) is 5.14 Å². The first kappa shape index (κ1) is 13.3. The minimum absolute atomic E-state index is 0.134. The number of sulfonamides is 1.